The number of carbonyl (C=O) groups is 3. The summed E-state index contributed by atoms with van der Waals surface area (Å²) in [6, 6.07) is 11.0. The van der Waals surface area contributed by atoms with Gasteiger partial charge >= 0.3 is 0 Å². The van der Waals surface area contributed by atoms with Gasteiger partial charge in [0.1, 0.15) is 11.8 Å². The van der Waals surface area contributed by atoms with Gasteiger partial charge in [-0.3, -0.25) is 14.4 Å². The van der Waals surface area contributed by atoms with E-state index in [2.05, 4.69) is 10.6 Å². The van der Waals surface area contributed by atoms with Gasteiger partial charge in [-0.25, -0.2) is 0 Å². The quantitative estimate of drug-likeness (QED) is 0.238. The highest BCUT2D eigenvalue weighted by atomic mass is 16.3. The third-order valence-electron chi connectivity index (χ3n) is 6.51. The summed E-state index contributed by atoms with van der Waals surface area (Å²) in [6.45, 7) is 4.54. The summed E-state index contributed by atoms with van der Waals surface area (Å²) >= 11 is 0. The number of carbonyl (C=O) groups excluding carboxylic acids is 3. The number of nitrogens with one attached hydrogen (secondary N) is 2. The molecular formula is C28H40N4O4. The number of nitrogens with two attached hydrogens (primary N) is 2. The van der Waals surface area contributed by atoms with Gasteiger partial charge in [-0.1, -0.05) is 36.8 Å². The standard InChI is InChI=1S/C28H40N4O4/c1-18-13-22(33)14-19(2)23(18)17-24(29)26(34)16-21(11-7-8-12-31-3)28(36)32-25(27(30)35)15-20-9-5-4-6-10-20/h4-6,9-10,13-14,21,24-25,31,33H,7-8,11-12,15-17,29H2,1-3H3,(H2,30,35)(H,32,36)/t21-,24+,25+/m1/s1. The van der Waals surface area contributed by atoms with Crippen molar-refractivity contribution in [1.82, 2.24) is 10.6 Å². The number of Topliss-reactive ketones (excluding diaryl/α,β-unsaturated/α-hetero) is 1. The van der Waals surface area contributed by atoms with Gasteiger partial charge in [-0.2, -0.15) is 0 Å². The van der Waals surface area contributed by atoms with E-state index >= 15 is 0 Å². The lowest BCUT2D eigenvalue weighted by molar-refractivity contribution is -0.132. The Morgan fingerprint density at radius 1 is 1.00 bits per heavy atom. The molecule has 0 aliphatic carbocycles. The van der Waals surface area contributed by atoms with E-state index in [9.17, 15) is 19.5 Å². The topological polar surface area (TPSA) is 148 Å². The van der Waals surface area contributed by atoms with Crippen LogP contribution in [0.15, 0.2) is 42.5 Å². The Hall–Kier alpha value is -3.23. The molecule has 2 aromatic rings. The third kappa shape index (κ3) is 9.09. The maximum Gasteiger partial charge on any atom is 0.240 e. The van der Waals surface area contributed by atoms with E-state index in [1.54, 1.807) is 12.1 Å². The second kappa shape index (κ2) is 14.4. The Labute approximate surface area is 213 Å². The molecule has 0 fully saturated rings. The van der Waals surface area contributed by atoms with Crippen LogP contribution in [0.2, 0.25) is 0 Å². The van der Waals surface area contributed by atoms with E-state index < -0.39 is 23.9 Å². The number of primary amides is 1. The number of hydrogen-bond acceptors (Lipinski definition) is 6. The zero-order valence-corrected chi connectivity index (χ0v) is 21.5. The van der Waals surface area contributed by atoms with Gasteiger partial charge in [-0.15, -0.1) is 0 Å². The minimum absolute atomic E-state index is 0.0143. The number of phenols is 1. The van der Waals surface area contributed by atoms with Crippen molar-refractivity contribution in [3.63, 3.8) is 0 Å². The van der Waals surface area contributed by atoms with E-state index in [0.717, 1.165) is 41.6 Å². The Morgan fingerprint density at radius 3 is 2.22 bits per heavy atom. The molecule has 0 saturated carbocycles. The first kappa shape index (κ1) is 29.0. The van der Waals surface area contributed by atoms with Gasteiger partial charge in [0.25, 0.3) is 0 Å². The molecule has 0 aliphatic rings. The van der Waals surface area contributed by atoms with Crippen LogP contribution in [0, 0.1) is 19.8 Å². The van der Waals surface area contributed by atoms with Crippen LogP contribution < -0.4 is 22.1 Å². The maximum absolute atomic E-state index is 13.2. The molecule has 0 radical (unpaired) electrons. The predicted octanol–water partition coefficient (Wildman–Crippen LogP) is 2.06. The molecule has 2 amide bonds. The molecule has 36 heavy (non-hydrogen) atoms. The Balaban J connectivity index is 2.11. The first-order valence-electron chi connectivity index (χ1n) is 12.5. The molecule has 2 aromatic carbocycles. The molecule has 8 heteroatoms. The molecule has 0 saturated heterocycles. The smallest absolute Gasteiger partial charge is 0.240 e. The van der Waals surface area contributed by atoms with Gasteiger partial charge < -0.3 is 27.2 Å². The summed E-state index contributed by atoms with van der Waals surface area (Å²) in [6.07, 6.45) is 2.69. The zero-order valence-electron chi connectivity index (χ0n) is 21.5. The average molecular weight is 497 g/mol. The number of unbranched alkanes of at least 4 members (excludes halogenated alkanes) is 1. The summed E-state index contributed by atoms with van der Waals surface area (Å²) in [5.74, 6) is -1.64. The SMILES string of the molecule is CNCCCC[C@H](CC(=O)[C@@H](N)Cc1c(C)cc(O)cc1C)C(=O)N[C@@H](Cc1ccccc1)C(N)=O. The van der Waals surface area contributed by atoms with Gasteiger partial charge in [-0.05, 0) is 81.1 Å². The van der Waals surface area contributed by atoms with Crippen molar-refractivity contribution in [2.45, 2.75) is 64.5 Å². The summed E-state index contributed by atoms with van der Waals surface area (Å²) in [7, 11) is 1.86. The van der Waals surface area contributed by atoms with Crippen LogP contribution in [0.1, 0.15) is 47.9 Å². The number of phenolic OH excluding ortho intramolecular Hbond substituents is 1. The van der Waals surface area contributed by atoms with E-state index in [-0.39, 0.29) is 30.3 Å². The van der Waals surface area contributed by atoms with Crippen LogP contribution in [0.25, 0.3) is 0 Å². The summed E-state index contributed by atoms with van der Waals surface area (Å²) < 4.78 is 0. The second-order valence-corrected chi connectivity index (χ2v) is 9.49. The van der Waals surface area contributed by atoms with Crippen LogP contribution in [0.4, 0.5) is 0 Å². The summed E-state index contributed by atoms with van der Waals surface area (Å²) in [4.78, 5) is 38.4. The lowest BCUT2D eigenvalue weighted by Crippen LogP contribution is -2.48. The zero-order chi connectivity index (χ0) is 26.7. The number of aryl methyl sites for hydroxylation is 2. The first-order chi connectivity index (χ1) is 17.1. The van der Waals surface area contributed by atoms with Crippen molar-refractivity contribution in [1.29, 1.82) is 0 Å². The van der Waals surface area contributed by atoms with E-state index in [1.165, 1.54) is 0 Å². The van der Waals surface area contributed by atoms with Crippen molar-refractivity contribution in [3.8, 4) is 5.75 Å². The molecule has 0 aromatic heterocycles. The summed E-state index contributed by atoms with van der Waals surface area (Å²) in [5, 5.41) is 15.6. The van der Waals surface area contributed by atoms with Crippen LogP contribution in [0.3, 0.4) is 0 Å². The third-order valence-corrected chi connectivity index (χ3v) is 6.51. The number of aromatic hydroxyl groups is 1. The van der Waals surface area contributed by atoms with Gasteiger partial charge in [0, 0.05) is 18.8 Å². The molecule has 196 valence electrons. The van der Waals surface area contributed by atoms with Gasteiger partial charge in [0.05, 0.1) is 6.04 Å². The molecule has 0 unspecified atom stereocenters. The molecule has 0 heterocycles. The molecular weight excluding hydrogens is 456 g/mol. The minimum atomic E-state index is -0.870. The number of ketones is 1. The van der Waals surface area contributed by atoms with Crippen molar-refractivity contribution >= 4 is 17.6 Å². The fraction of sp³-hybridized carbons (Fsp3) is 0.464. The molecule has 3 atom stereocenters. The van der Waals surface area contributed by atoms with Crippen LogP contribution >= 0.6 is 0 Å². The van der Waals surface area contributed by atoms with Crippen LogP contribution in [-0.4, -0.2) is 48.4 Å². The fourth-order valence-corrected chi connectivity index (χ4v) is 4.40. The number of amides is 2. The number of rotatable bonds is 15. The summed E-state index contributed by atoms with van der Waals surface area (Å²) in [5.41, 5.74) is 15.4. The largest absolute Gasteiger partial charge is 0.508 e. The van der Waals surface area contributed by atoms with Gasteiger partial charge in [0.15, 0.2) is 5.78 Å². The lowest BCUT2D eigenvalue weighted by Gasteiger charge is -2.22. The van der Waals surface area contributed by atoms with Crippen molar-refractivity contribution in [3.05, 3.63) is 64.7 Å². The monoisotopic (exact) mass is 496 g/mol. The molecule has 7 N–H and O–H groups in total. The molecule has 8 nitrogen and oxygen atoms in total. The Bertz CT molecular complexity index is 1000. The fourth-order valence-electron chi connectivity index (χ4n) is 4.40. The average Bonchev–Trinajstić information content (AvgIpc) is 2.83. The highest BCUT2D eigenvalue weighted by Gasteiger charge is 2.28. The lowest BCUT2D eigenvalue weighted by atomic mass is 9.89. The first-order valence-corrected chi connectivity index (χ1v) is 12.5. The second-order valence-electron chi connectivity index (χ2n) is 9.49. The minimum Gasteiger partial charge on any atom is -0.508 e. The molecule has 2 rings (SSSR count). The van der Waals surface area contributed by atoms with Crippen LogP contribution in [-0.2, 0) is 27.2 Å². The van der Waals surface area contributed by atoms with Crippen LogP contribution in [0.5, 0.6) is 5.75 Å². The Morgan fingerprint density at radius 2 is 1.64 bits per heavy atom. The van der Waals surface area contributed by atoms with Crippen molar-refractivity contribution < 1.29 is 19.5 Å². The highest BCUT2D eigenvalue weighted by Crippen LogP contribution is 2.23. The van der Waals surface area contributed by atoms with E-state index in [0.29, 0.717) is 12.8 Å². The molecule has 0 bridgehead atoms. The predicted molar refractivity (Wildman–Crippen MR) is 141 cm³/mol. The maximum atomic E-state index is 13.2. The number of hydrogen-bond donors (Lipinski definition) is 5. The van der Waals surface area contributed by atoms with Crippen molar-refractivity contribution in [2.75, 3.05) is 13.6 Å². The molecule has 0 spiro atoms. The highest BCUT2D eigenvalue weighted by molar-refractivity contribution is 5.92. The normalized spacial score (nSPS) is 13.6. The van der Waals surface area contributed by atoms with Gasteiger partial charge in [0.2, 0.25) is 11.8 Å². The van der Waals surface area contributed by atoms with E-state index in [1.807, 2.05) is 51.2 Å². The molecule has 0 aliphatic heterocycles. The Kier molecular flexibility index (Phi) is 11.6. The van der Waals surface area contributed by atoms with Crippen molar-refractivity contribution in [2.24, 2.45) is 17.4 Å². The van der Waals surface area contributed by atoms with E-state index in [4.69, 9.17) is 11.5 Å². The number of benzene rings is 2.